The molecule has 0 bridgehead atoms. The Morgan fingerprint density at radius 2 is 2.27 bits per heavy atom. The molecule has 1 aromatic rings. The quantitative estimate of drug-likeness (QED) is 0.792. The molecular weight excluding hydrogens is 191 g/mol. The van der Waals surface area contributed by atoms with Gasteiger partial charge in [-0.25, -0.2) is 4.39 Å². The molecule has 0 saturated heterocycles. The monoisotopic (exact) mass is 208 g/mol. The first kappa shape index (κ1) is 10.6. The fraction of sp³-hybridized carbons (Fsp3) is 0.538. The predicted octanol–water partition coefficient (Wildman–Crippen LogP) is 3.01. The Kier molecular flexibility index (Phi) is 2.55. The van der Waals surface area contributed by atoms with Gasteiger partial charge in [-0.3, -0.25) is 0 Å². The molecule has 15 heavy (non-hydrogen) atoms. The minimum Gasteiger partial charge on any atom is -0.385 e. The van der Waals surface area contributed by atoms with Crippen LogP contribution in [0.5, 0.6) is 0 Å². The van der Waals surface area contributed by atoms with Crippen molar-refractivity contribution in [1.29, 1.82) is 0 Å². The third-order valence-corrected chi connectivity index (χ3v) is 3.74. The summed E-state index contributed by atoms with van der Waals surface area (Å²) in [5, 5.41) is 10.6. The lowest BCUT2D eigenvalue weighted by molar-refractivity contribution is -0.0168. The van der Waals surface area contributed by atoms with Crippen LogP contribution in [0.25, 0.3) is 0 Å². The number of aryl methyl sites for hydroxylation is 1. The fourth-order valence-corrected chi connectivity index (χ4v) is 2.50. The summed E-state index contributed by atoms with van der Waals surface area (Å²) in [6, 6.07) is 4.73. The third-order valence-electron chi connectivity index (χ3n) is 3.74. The summed E-state index contributed by atoms with van der Waals surface area (Å²) < 4.78 is 13.0. The standard InChI is InChI=1S/C13H17FO/c1-3-9(2)13(15)7-6-10-8-11(14)4-5-12(10)13/h4-5,8-9,15H,3,6-7H2,1-2H3. The number of hydrogen-bond donors (Lipinski definition) is 1. The van der Waals surface area contributed by atoms with E-state index in [1.165, 1.54) is 6.07 Å². The topological polar surface area (TPSA) is 20.2 Å². The van der Waals surface area contributed by atoms with Crippen LogP contribution in [0.15, 0.2) is 18.2 Å². The van der Waals surface area contributed by atoms with E-state index in [1.807, 2.05) is 0 Å². The van der Waals surface area contributed by atoms with E-state index in [0.717, 1.165) is 30.4 Å². The second kappa shape index (κ2) is 3.60. The van der Waals surface area contributed by atoms with Crippen molar-refractivity contribution < 1.29 is 9.50 Å². The molecule has 1 aromatic carbocycles. The fourth-order valence-electron chi connectivity index (χ4n) is 2.50. The number of hydrogen-bond acceptors (Lipinski definition) is 1. The van der Waals surface area contributed by atoms with Crippen LogP contribution in [0.2, 0.25) is 0 Å². The van der Waals surface area contributed by atoms with E-state index < -0.39 is 5.60 Å². The van der Waals surface area contributed by atoms with Crippen LogP contribution in [0.4, 0.5) is 4.39 Å². The molecule has 2 heteroatoms. The SMILES string of the molecule is CCC(C)C1(O)CCc2cc(F)ccc21. The van der Waals surface area contributed by atoms with Crippen LogP contribution in [0.3, 0.4) is 0 Å². The molecule has 1 aliphatic carbocycles. The zero-order valence-electron chi connectivity index (χ0n) is 9.26. The van der Waals surface area contributed by atoms with E-state index in [0.29, 0.717) is 0 Å². The Balaban J connectivity index is 2.43. The van der Waals surface area contributed by atoms with Crippen molar-refractivity contribution in [3.8, 4) is 0 Å². The van der Waals surface area contributed by atoms with Crippen molar-refractivity contribution in [2.75, 3.05) is 0 Å². The molecule has 1 N–H and O–H groups in total. The lowest BCUT2D eigenvalue weighted by Crippen LogP contribution is -2.30. The lowest BCUT2D eigenvalue weighted by atomic mass is 9.82. The molecule has 0 radical (unpaired) electrons. The highest BCUT2D eigenvalue weighted by atomic mass is 19.1. The largest absolute Gasteiger partial charge is 0.385 e. The first-order chi connectivity index (χ1) is 7.08. The van der Waals surface area contributed by atoms with Gasteiger partial charge >= 0.3 is 0 Å². The zero-order valence-corrected chi connectivity index (χ0v) is 9.26. The van der Waals surface area contributed by atoms with Crippen molar-refractivity contribution in [3.63, 3.8) is 0 Å². The van der Waals surface area contributed by atoms with Crippen molar-refractivity contribution in [2.24, 2.45) is 5.92 Å². The molecular formula is C13H17FO. The van der Waals surface area contributed by atoms with E-state index in [9.17, 15) is 9.50 Å². The predicted molar refractivity (Wildman–Crippen MR) is 58.1 cm³/mol. The van der Waals surface area contributed by atoms with Gasteiger partial charge < -0.3 is 5.11 Å². The molecule has 0 aliphatic heterocycles. The molecule has 0 fully saturated rings. The Labute approximate surface area is 89.9 Å². The van der Waals surface area contributed by atoms with Crippen molar-refractivity contribution in [3.05, 3.63) is 35.1 Å². The van der Waals surface area contributed by atoms with Crippen molar-refractivity contribution in [1.82, 2.24) is 0 Å². The van der Waals surface area contributed by atoms with E-state index in [2.05, 4.69) is 13.8 Å². The van der Waals surface area contributed by atoms with Gasteiger partial charge in [-0.2, -0.15) is 0 Å². The van der Waals surface area contributed by atoms with Gasteiger partial charge in [0.1, 0.15) is 5.82 Å². The summed E-state index contributed by atoms with van der Waals surface area (Å²) in [6.45, 7) is 4.13. The van der Waals surface area contributed by atoms with Crippen LogP contribution in [0, 0.1) is 11.7 Å². The Hall–Kier alpha value is -0.890. The Morgan fingerprint density at radius 1 is 1.53 bits per heavy atom. The summed E-state index contributed by atoms with van der Waals surface area (Å²) in [6.07, 6.45) is 2.45. The third kappa shape index (κ3) is 1.57. The number of benzene rings is 1. The molecule has 0 heterocycles. The maximum absolute atomic E-state index is 13.0. The summed E-state index contributed by atoms with van der Waals surface area (Å²) >= 11 is 0. The highest BCUT2D eigenvalue weighted by Crippen LogP contribution is 2.43. The molecule has 0 aromatic heterocycles. The average molecular weight is 208 g/mol. The molecule has 2 rings (SSSR count). The second-order valence-electron chi connectivity index (χ2n) is 4.54. The van der Waals surface area contributed by atoms with Crippen molar-refractivity contribution in [2.45, 2.75) is 38.7 Å². The van der Waals surface area contributed by atoms with E-state index in [-0.39, 0.29) is 11.7 Å². The van der Waals surface area contributed by atoms with Gasteiger partial charge in [0.05, 0.1) is 5.60 Å². The van der Waals surface area contributed by atoms with E-state index >= 15 is 0 Å². The van der Waals surface area contributed by atoms with Crippen LogP contribution in [0.1, 0.15) is 37.8 Å². The summed E-state index contributed by atoms with van der Waals surface area (Å²) in [5.41, 5.74) is 1.16. The van der Waals surface area contributed by atoms with E-state index in [4.69, 9.17) is 0 Å². The average Bonchev–Trinajstić information content (AvgIpc) is 2.56. The van der Waals surface area contributed by atoms with Gasteiger partial charge in [-0.15, -0.1) is 0 Å². The molecule has 2 atom stereocenters. The molecule has 0 saturated carbocycles. The van der Waals surface area contributed by atoms with Gasteiger partial charge in [0.15, 0.2) is 0 Å². The minimum absolute atomic E-state index is 0.206. The highest BCUT2D eigenvalue weighted by Gasteiger charge is 2.40. The summed E-state index contributed by atoms with van der Waals surface area (Å²) in [7, 11) is 0. The normalized spacial score (nSPS) is 26.4. The first-order valence-electron chi connectivity index (χ1n) is 5.59. The molecule has 82 valence electrons. The zero-order chi connectivity index (χ0) is 11.1. The molecule has 1 aliphatic rings. The van der Waals surface area contributed by atoms with Gasteiger partial charge in [0.2, 0.25) is 0 Å². The maximum atomic E-state index is 13.0. The Bertz CT molecular complexity index is 375. The Morgan fingerprint density at radius 3 is 2.93 bits per heavy atom. The lowest BCUT2D eigenvalue weighted by Gasteiger charge is -2.30. The van der Waals surface area contributed by atoms with Gasteiger partial charge in [-0.1, -0.05) is 26.3 Å². The van der Waals surface area contributed by atoms with Gasteiger partial charge in [0, 0.05) is 0 Å². The first-order valence-corrected chi connectivity index (χ1v) is 5.59. The van der Waals surface area contributed by atoms with Gasteiger partial charge in [0.25, 0.3) is 0 Å². The number of halogens is 1. The number of aliphatic hydroxyl groups is 1. The van der Waals surface area contributed by atoms with Gasteiger partial charge in [-0.05, 0) is 42.0 Å². The smallest absolute Gasteiger partial charge is 0.123 e. The highest BCUT2D eigenvalue weighted by molar-refractivity contribution is 5.38. The summed E-state index contributed by atoms with van der Waals surface area (Å²) in [5.74, 6) is 0.0198. The molecule has 1 nitrogen and oxygen atoms in total. The van der Waals surface area contributed by atoms with Crippen LogP contribution in [-0.2, 0) is 12.0 Å². The maximum Gasteiger partial charge on any atom is 0.123 e. The number of fused-ring (bicyclic) bond motifs is 1. The molecule has 2 unspecified atom stereocenters. The van der Waals surface area contributed by atoms with Crippen LogP contribution >= 0.6 is 0 Å². The van der Waals surface area contributed by atoms with Crippen molar-refractivity contribution >= 4 is 0 Å². The van der Waals surface area contributed by atoms with E-state index in [1.54, 1.807) is 12.1 Å². The summed E-state index contributed by atoms with van der Waals surface area (Å²) in [4.78, 5) is 0. The molecule has 0 amide bonds. The minimum atomic E-state index is -0.738. The van der Waals surface area contributed by atoms with Crippen LogP contribution in [-0.4, -0.2) is 5.11 Å². The number of rotatable bonds is 2. The van der Waals surface area contributed by atoms with Crippen LogP contribution < -0.4 is 0 Å². The second-order valence-corrected chi connectivity index (χ2v) is 4.54. The molecule has 0 spiro atoms.